The number of fused-ring (bicyclic) bond motifs is 1. The molecule has 0 aliphatic heterocycles. The molecule has 1 aromatic carbocycles. The summed E-state index contributed by atoms with van der Waals surface area (Å²) in [6.07, 6.45) is 2.41. The van der Waals surface area contributed by atoms with Crippen LogP contribution >= 0.6 is 0 Å². The maximum atomic E-state index is 9.49. The second-order valence-corrected chi connectivity index (χ2v) is 4.49. The SMILES string of the molecule is CCCCN(C)Cc1[nH]nc2ccc(O)cc12. The van der Waals surface area contributed by atoms with E-state index < -0.39 is 0 Å². The Bertz CT molecular complexity index is 492. The number of nitrogens with one attached hydrogen (secondary N) is 1. The van der Waals surface area contributed by atoms with Gasteiger partial charge in [-0.2, -0.15) is 5.10 Å². The van der Waals surface area contributed by atoms with Crippen molar-refractivity contribution in [2.24, 2.45) is 0 Å². The molecule has 0 amide bonds. The van der Waals surface area contributed by atoms with Crippen molar-refractivity contribution in [3.63, 3.8) is 0 Å². The fraction of sp³-hybridized carbons (Fsp3) is 0.462. The van der Waals surface area contributed by atoms with Crippen LogP contribution in [0.3, 0.4) is 0 Å². The van der Waals surface area contributed by atoms with Crippen LogP contribution < -0.4 is 0 Å². The van der Waals surface area contributed by atoms with E-state index in [0.717, 1.165) is 29.7 Å². The van der Waals surface area contributed by atoms with Crippen LogP contribution in [0.5, 0.6) is 5.75 Å². The normalized spacial score (nSPS) is 11.5. The van der Waals surface area contributed by atoms with Crippen molar-refractivity contribution < 1.29 is 5.11 Å². The summed E-state index contributed by atoms with van der Waals surface area (Å²) < 4.78 is 0. The number of hydrogen-bond acceptors (Lipinski definition) is 3. The maximum Gasteiger partial charge on any atom is 0.116 e. The highest BCUT2D eigenvalue weighted by molar-refractivity contribution is 5.82. The number of aromatic amines is 1. The molecule has 2 N–H and O–H groups in total. The number of phenolic OH excluding ortho intramolecular Hbond substituents is 1. The number of phenols is 1. The Balaban J connectivity index is 2.15. The van der Waals surface area contributed by atoms with E-state index in [2.05, 4.69) is 29.1 Å². The number of rotatable bonds is 5. The first-order valence-corrected chi connectivity index (χ1v) is 6.05. The fourth-order valence-corrected chi connectivity index (χ4v) is 1.95. The lowest BCUT2D eigenvalue weighted by Crippen LogP contribution is -2.19. The predicted molar refractivity (Wildman–Crippen MR) is 69.0 cm³/mol. The number of aromatic hydroxyl groups is 1. The number of hydrogen-bond donors (Lipinski definition) is 2. The van der Waals surface area contributed by atoms with E-state index in [-0.39, 0.29) is 5.75 Å². The molecule has 2 rings (SSSR count). The summed E-state index contributed by atoms with van der Waals surface area (Å²) in [7, 11) is 2.10. The zero-order chi connectivity index (χ0) is 12.3. The van der Waals surface area contributed by atoms with Gasteiger partial charge >= 0.3 is 0 Å². The Morgan fingerprint density at radius 3 is 3.00 bits per heavy atom. The van der Waals surface area contributed by atoms with E-state index in [1.807, 2.05) is 6.07 Å². The van der Waals surface area contributed by atoms with Gasteiger partial charge in [0.2, 0.25) is 0 Å². The number of benzene rings is 1. The van der Waals surface area contributed by atoms with Gasteiger partial charge in [0.05, 0.1) is 11.2 Å². The minimum atomic E-state index is 0.288. The van der Waals surface area contributed by atoms with Gasteiger partial charge in [0.15, 0.2) is 0 Å². The number of nitrogens with zero attached hydrogens (tertiary/aromatic N) is 2. The molecule has 0 aliphatic carbocycles. The highest BCUT2D eigenvalue weighted by Gasteiger charge is 2.08. The van der Waals surface area contributed by atoms with Gasteiger partial charge in [-0.15, -0.1) is 0 Å². The second-order valence-electron chi connectivity index (χ2n) is 4.49. The Morgan fingerprint density at radius 1 is 1.41 bits per heavy atom. The molecule has 0 fully saturated rings. The van der Waals surface area contributed by atoms with Crippen LogP contribution in [0.25, 0.3) is 10.9 Å². The number of H-pyrrole nitrogens is 1. The highest BCUT2D eigenvalue weighted by atomic mass is 16.3. The van der Waals surface area contributed by atoms with Crippen molar-refractivity contribution in [2.75, 3.05) is 13.6 Å². The molecule has 92 valence electrons. The molecule has 0 aliphatic rings. The van der Waals surface area contributed by atoms with Gasteiger partial charge in [-0.1, -0.05) is 13.3 Å². The monoisotopic (exact) mass is 233 g/mol. The van der Waals surface area contributed by atoms with Crippen molar-refractivity contribution in [3.05, 3.63) is 23.9 Å². The summed E-state index contributed by atoms with van der Waals surface area (Å²) >= 11 is 0. The fourth-order valence-electron chi connectivity index (χ4n) is 1.95. The molecule has 1 heterocycles. The van der Waals surface area contributed by atoms with Crippen LogP contribution in [0.1, 0.15) is 25.5 Å². The molecule has 4 nitrogen and oxygen atoms in total. The smallest absolute Gasteiger partial charge is 0.116 e. The van der Waals surface area contributed by atoms with Crippen molar-refractivity contribution in [1.29, 1.82) is 0 Å². The first kappa shape index (κ1) is 11.9. The minimum absolute atomic E-state index is 0.288. The van der Waals surface area contributed by atoms with Crippen molar-refractivity contribution in [1.82, 2.24) is 15.1 Å². The quantitative estimate of drug-likeness (QED) is 0.834. The van der Waals surface area contributed by atoms with Gasteiger partial charge < -0.3 is 10.0 Å². The minimum Gasteiger partial charge on any atom is -0.508 e. The van der Waals surface area contributed by atoms with Crippen LogP contribution in [-0.4, -0.2) is 33.8 Å². The van der Waals surface area contributed by atoms with Crippen LogP contribution in [0, 0.1) is 0 Å². The molecular formula is C13H19N3O. The summed E-state index contributed by atoms with van der Waals surface area (Å²) in [4.78, 5) is 2.26. The molecule has 2 aromatic rings. The van der Waals surface area contributed by atoms with Crippen molar-refractivity contribution in [2.45, 2.75) is 26.3 Å². The summed E-state index contributed by atoms with van der Waals surface area (Å²) in [5.41, 5.74) is 1.97. The number of unbranched alkanes of at least 4 members (excludes halogenated alkanes) is 1. The largest absolute Gasteiger partial charge is 0.508 e. The van der Waals surface area contributed by atoms with E-state index >= 15 is 0 Å². The van der Waals surface area contributed by atoms with E-state index in [4.69, 9.17) is 0 Å². The molecule has 0 saturated heterocycles. The van der Waals surface area contributed by atoms with E-state index in [1.165, 1.54) is 12.8 Å². The lowest BCUT2D eigenvalue weighted by atomic mass is 10.2. The molecule has 0 radical (unpaired) electrons. The van der Waals surface area contributed by atoms with Gasteiger partial charge in [0.1, 0.15) is 5.75 Å². The van der Waals surface area contributed by atoms with E-state index in [1.54, 1.807) is 12.1 Å². The lowest BCUT2D eigenvalue weighted by Gasteiger charge is -2.14. The summed E-state index contributed by atoms with van der Waals surface area (Å²) in [5, 5.41) is 17.8. The predicted octanol–water partition coefficient (Wildman–Crippen LogP) is 2.50. The van der Waals surface area contributed by atoms with Crippen molar-refractivity contribution >= 4 is 10.9 Å². The third kappa shape index (κ3) is 2.77. The standard InChI is InChI=1S/C13H19N3O/c1-3-4-7-16(2)9-13-11-8-10(17)5-6-12(11)14-15-13/h5-6,8,17H,3-4,7,9H2,1-2H3,(H,14,15). The molecule has 1 aromatic heterocycles. The summed E-state index contributed by atoms with van der Waals surface area (Å²) in [6.45, 7) is 4.10. The third-order valence-electron chi connectivity index (χ3n) is 2.94. The van der Waals surface area contributed by atoms with Gasteiger partial charge in [-0.05, 0) is 38.2 Å². The van der Waals surface area contributed by atoms with E-state index in [0.29, 0.717) is 0 Å². The summed E-state index contributed by atoms with van der Waals surface area (Å²) in [6, 6.07) is 5.26. The highest BCUT2D eigenvalue weighted by Crippen LogP contribution is 2.21. The molecular weight excluding hydrogens is 214 g/mol. The molecule has 0 atom stereocenters. The molecule has 4 heteroatoms. The van der Waals surface area contributed by atoms with Crippen LogP contribution in [0.15, 0.2) is 18.2 Å². The van der Waals surface area contributed by atoms with Gasteiger partial charge in [-0.3, -0.25) is 5.10 Å². The Hall–Kier alpha value is -1.55. The molecule has 0 bridgehead atoms. The zero-order valence-corrected chi connectivity index (χ0v) is 10.4. The maximum absolute atomic E-state index is 9.49. The second kappa shape index (κ2) is 5.19. The molecule has 17 heavy (non-hydrogen) atoms. The van der Waals surface area contributed by atoms with Crippen LogP contribution in [-0.2, 0) is 6.54 Å². The average molecular weight is 233 g/mol. The van der Waals surface area contributed by atoms with Gasteiger partial charge in [0, 0.05) is 11.9 Å². The lowest BCUT2D eigenvalue weighted by molar-refractivity contribution is 0.318. The van der Waals surface area contributed by atoms with Crippen LogP contribution in [0.4, 0.5) is 0 Å². The molecule has 0 spiro atoms. The first-order chi connectivity index (χ1) is 8.20. The first-order valence-electron chi connectivity index (χ1n) is 6.05. The van der Waals surface area contributed by atoms with Crippen LogP contribution in [0.2, 0.25) is 0 Å². The van der Waals surface area contributed by atoms with Gasteiger partial charge in [-0.25, -0.2) is 0 Å². The van der Waals surface area contributed by atoms with E-state index in [9.17, 15) is 5.11 Å². The number of aromatic nitrogens is 2. The van der Waals surface area contributed by atoms with Gasteiger partial charge in [0.25, 0.3) is 0 Å². The average Bonchev–Trinajstić information content (AvgIpc) is 2.69. The topological polar surface area (TPSA) is 52.2 Å². The Morgan fingerprint density at radius 2 is 2.24 bits per heavy atom. The van der Waals surface area contributed by atoms with Crippen molar-refractivity contribution in [3.8, 4) is 5.75 Å². The molecule has 0 unspecified atom stereocenters. The zero-order valence-electron chi connectivity index (χ0n) is 10.4. The summed E-state index contributed by atoms with van der Waals surface area (Å²) in [5.74, 6) is 0.288. The Kier molecular flexibility index (Phi) is 3.64. The molecule has 0 saturated carbocycles. The Labute approximate surface area is 101 Å². The third-order valence-corrected chi connectivity index (χ3v) is 2.94.